The second-order valence-electron chi connectivity index (χ2n) is 7.37. The molecule has 0 saturated heterocycles. The van der Waals surface area contributed by atoms with Gasteiger partial charge in [-0.25, -0.2) is 0 Å². The van der Waals surface area contributed by atoms with Crippen molar-refractivity contribution >= 4 is 11.4 Å². The fraction of sp³-hybridized carbons (Fsp3) is 0.250. The van der Waals surface area contributed by atoms with Crippen molar-refractivity contribution < 1.29 is 5.21 Å². The molecule has 1 N–H and O–H groups in total. The molecule has 0 saturated carbocycles. The van der Waals surface area contributed by atoms with Crippen molar-refractivity contribution in [3.05, 3.63) is 94.8 Å². The van der Waals surface area contributed by atoms with Crippen molar-refractivity contribution in [2.75, 3.05) is 19.0 Å². The molecule has 0 radical (unpaired) electrons. The zero-order chi connectivity index (χ0) is 20.1. The Morgan fingerprint density at radius 1 is 0.929 bits per heavy atom. The summed E-state index contributed by atoms with van der Waals surface area (Å²) in [5.74, 6) is 0.0922. The van der Waals surface area contributed by atoms with Crippen LogP contribution in [0.1, 0.15) is 40.2 Å². The minimum atomic E-state index is 0.0922. The van der Waals surface area contributed by atoms with Crippen molar-refractivity contribution in [1.29, 1.82) is 0 Å². The van der Waals surface area contributed by atoms with Crippen LogP contribution >= 0.6 is 0 Å². The highest BCUT2D eigenvalue weighted by Gasteiger charge is 2.19. The summed E-state index contributed by atoms with van der Waals surface area (Å²) in [5.41, 5.74) is 7.65. The van der Waals surface area contributed by atoms with Gasteiger partial charge in [0.2, 0.25) is 0 Å². The van der Waals surface area contributed by atoms with E-state index in [1.54, 1.807) is 12.4 Å². The Balaban J connectivity index is 2.02. The molecular formula is C24H27N3O. The number of oxime groups is 1. The van der Waals surface area contributed by atoms with E-state index in [1.807, 2.05) is 26.2 Å². The lowest BCUT2D eigenvalue weighted by Crippen LogP contribution is -2.12. The molecule has 4 nitrogen and oxygen atoms in total. The van der Waals surface area contributed by atoms with Gasteiger partial charge >= 0.3 is 0 Å². The van der Waals surface area contributed by atoms with E-state index in [0.717, 1.165) is 11.3 Å². The molecule has 2 aromatic carbocycles. The van der Waals surface area contributed by atoms with Gasteiger partial charge in [-0.05, 0) is 60.4 Å². The first kappa shape index (κ1) is 19.6. The number of pyridine rings is 1. The van der Waals surface area contributed by atoms with Crippen molar-refractivity contribution in [3.8, 4) is 0 Å². The molecule has 1 unspecified atom stereocenters. The summed E-state index contributed by atoms with van der Waals surface area (Å²) in [4.78, 5) is 6.15. The average molecular weight is 374 g/mol. The molecule has 0 spiro atoms. The van der Waals surface area contributed by atoms with E-state index in [4.69, 9.17) is 0 Å². The van der Waals surface area contributed by atoms with Crippen LogP contribution in [-0.4, -0.2) is 30.0 Å². The first-order valence-electron chi connectivity index (χ1n) is 9.45. The second kappa shape index (κ2) is 8.70. The van der Waals surface area contributed by atoms with Gasteiger partial charge in [-0.1, -0.05) is 35.5 Å². The molecule has 0 bridgehead atoms. The Hall–Kier alpha value is -3.14. The Bertz CT molecular complexity index is 947. The van der Waals surface area contributed by atoms with Crippen molar-refractivity contribution in [2.24, 2.45) is 5.16 Å². The molecule has 0 aliphatic heterocycles. The number of hydrogen-bond acceptors (Lipinski definition) is 4. The van der Waals surface area contributed by atoms with E-state index in [0.29, 0.717) is 12.1 Å². The van der Waals surface area contributed by atoms with Crippen molar-refractivity contribution in [1.82, 2.24) is 4.98 Å². The van der Waals surface area contributed by atoms with Crippen LogP contribution in [0, 0.1) is 13.8 Å². The molecule has 3 rings (SSSR count). The summed E-state index contributed by atoms with van der Waals surface area (Å²) in [6, 6.07) is 18.9. The van der Waals surface area contributed by atoms with E-state index in [1.165, 1.54) is 22.3 Å². The molecule has 3 aromatic rings. The van der Waals surface area contributed by atoms with Crippen LogP contribution in [0.3, 0.4) is 0 Å². The first-order chi connectivity index (χ1) is 13.5. The molecule has 1 atom stereocenters. The van der Waals surface area contributed by atoms with Gasteiger partial charge in [-0.2, -0.15) is 0 Å². The fourth-order valence-corrected chi connectivity index (χ4v) is 3.37. The standard InChI is InChI=1S/C24H27N3O/c1-17-5-6-21(15-18(17)2)23(19-7-9-22(10-8-19)27(3)4)16-24(26-28)20-11-13-25-14-12-20/h5-15,23,28H,16H2,1-4H3. The van der Waals surface area contributed by atoms with Crippen LogP contribution in [-0.2, 0) is 0 Å². The lowest BCUT2D eigenvalue weighted by atomic mass is 9.84. The molecule has 0 aliphatic rings. The van der Waals surface area contributed by atoms with Gasteiger partial charge in [0, 0.05) is 50.1 Å². The summed E-state index contributed by atoms with van der Waals surface area (Å²) in [6.45, 7) is 4.26. The lowest BCUT2D eigenvalue weighted by Gasteiger charge is -2.21. The first-order valence-corrected chi connectivity index (χ1v) is 9.45. The maximum Gasteiger partial charge on any atom is 0.0878 e. The van der Waals surface area contributed by atoms with E-state index in [9.17, 15) is 5.21 Å². The molecule has 0 amide bonds. The summed E-state index contributed by atoms with van der Waals surface area (Å²) < 4.78 is 0. The van der Waals surface area contributed by atoms with Crippen LogP contribution in [0.25, 0.3) is 0 Å². The molecule has 0 aliphatic carbocycles. The maximum absolute atomic E-state index is 9.70. The molecule has 1 aromatic heterocycles. The normalized spacial score (nSPS) is 12.6. The number of anilines is 1. The minimum absolute atomic E-state index is 0.0922. The third-order valence-corrected chi connectivity index (χ3v) is 5.28. The fourth-order valence-electron chi connectivity index (χ4n) is 3.37. The van der Waals surface area contributed by atoms with Crippen LogP contribution in [0.15, 0.2) is 72.1 Å². The zero-order valence-electron chi connectivity index (χ0n) is 16.9. The molecule has 28 heavy (non-hydrogen) atoms. The Morgan fingerprint density at radius 2 is 1.57 bits per heavy atom. The van der Waals surface area contributed by atoms with Crippen LogP contribution in [0.5, 0.6) is 0 Å². The Labute approximate surface area is 167 Å². The quantitative estimate of drug-likeness (QED) is 0.369. The topological polar surface area (TPSA) is 48.7 Å². The minimum Gasteiger partial charge on any atom is -0.411 e. The molecule has 4 heteroatoms. The SMILES string of the molecule is Cc1ccc(C(CC(=NO)c2ccncc2)c2ccc(N(C)C)cc2)cc1C. The summed E-state index contributed by atoms with van der Waals surface area (Å²) in [5, 5.41) is 13.3. The number of aromatic nitrogens is 1. The number of hydrogen-bond donors (Lipinski definition) is 1. The van der Waals surface area contributed by atoms with Crippen molar-refractivity contribution in [3.63, 3.8) is 0 Å². The van der Waals surface area contributed by atoms with Gasteiger partial charge in [0.1, 0.15) is 0 Å². The highest BCUT2D eigenvalue weighted by molar-refractivity contribution is 6.00. The van der Waals surface area contributed by atoms with E-state index >= 15 is 0 Å². The molecule has 0 fully saturated rings. The summed E-state index contributed by atoms with van der Waals surface area (Å²) in [7, 11) is 4.07. The van der Waals surface area contributed by atoms with Crippen molar-refractivity contribution in [2.45, 2.75) is 26.2 Å². The summed E-state index contributed by atoms with van der Waals surface area (Å²) in [6.07, 6.45) is 4.04. The molecule has 144 valence electrons. The van der Waals surface area contributed by atoms with Crippen LogP contribution < -0.4 is 4.90 Å². The van der Waals surface area contributed by atoms with Crippen LogP contribution in [0.2, 0.25) is 0 Å². The van der Waals surface area contributed by atoms with Crippen LogP contribution in [0.4, 0.5) is 5.69 Å². The molecule has 1 heterocycles. The third-order valence-electron chi connectivity index (χ3n) is 5.28. The molecular weight excluding hydrogens is 346 g/mol. The monoisotopic (exact) mass is 373 g/mol. The number of rotatable bonds is 6. The Morgan fingerprint density at radius 3 is 2.14 bits per heavy atom. The average Bonchev–Trinajstić information content (AvgIpc) is 2.72. The largest absolute Gasteiger partial charge is 0.411 e. The van der Waals surface area contributed by atoms with Gasteiger partial charge in [-0.15, -0.1) is 0 Å². The van der Waals surface area contributed by atoms with Gasteiger partial charge in [0.05, 0.1) is 5.71 Å². The second-order valence-corrected chi connectivity index (χ2v) is 7.37. The zero-order valence-corrected chi connectivity index (χ0v) is 16.9. The Kier molecular flexibility index (Phi) is 6.09. The van der Waals surface area contributed by atoms with Gasteiger partial charge in [0.15, 0.2) is 0 Å². The third kappa shape index (κ3) is 4.39. The predicted octanol–water partition coefficient (Wildman–Crippen LogP) is 5.16. The van der Waals surface area contributed by atoms with E-state index < -0.39 is 0 Å². The number of benzene rings is 2. The highest BCUT2D eigenvalue weighted by atomic mass is 16.4. The number of nitrogens with zero attached hydrogens (tertiary/aromatic N) is 3. The number of aryl methyl sites for hydroxylation is 2. The lowest BCUT2D eigenvalue weighted by molar-refractivity contribution is 0.317. The summed E-state index contributed by atoms with van der Waals surface area (Å²) >= 11 is 0. The van der Waals surface area contributed by atoms with Gasteiger partial charge < -0.3 is 10.1 Å². The van der Waals surface area contributed by atoms with E-state index in [2.05, 4.69) is 71.4 Å². The maximum atomic E-state index is 9.70. The van der Waals surface area contributed by atoms with Gasteiger partial charge in [-0.3, -0.25) is 4.98 Å². The highest BCUT2D eigenvalue weighted by Crippen LogP contribution is 2.32. The predicted molar refractivity (Wildman–Crippen MR) is 116 cm³/mol. The van der Waals surface area contributed by atoms with Gasteiger partial charge in [0.25, 0.3) is 0 Å². The smallest absolute Gasteiger partial charge is 0.0878 e. The van der Waals surface area contributed by atoms with E-state index in [-0.39, 0.29) is 5.92 Å².